The molecule has 0 aromatic carbocycles. The average Bonchev–Trinajstić information content (AvgIpc) is 3.25. The van der Waals surface area contributed by atoms with E-state index in [-0.39, 0.29) is 12.0 Å². The van der Waals surface area contributed by atoms with Crippen molar-refractivity contribution in [3.05, 3.63) is 40.6 Å². The third kappa shape index (κ3) is 4.11. The zero-order valence-electron chi connectivity index (χ0n) is 13.8. The SMILES string of the molecule is CN(C)c1ccc(OC2CCN(C(=O)/C=C/c3cccs3)C2)nn1. The van der Waals surface area contributed by atoms with Gasteiger partial charge in [-0.2, -0.15) is 0 Å². The van der Waals surface area contributed by atoms with Crippen molar-refractivity contribution in [1.82, 2.24) is 15.1 Å². The minimum absolute atomic E-state index is 0.0172. The van der Waals surface area contributed by atoms with Crippen LogP contribution in [0.25, 0.3) is 6.08 Å². The van der Waals surface area contributed by atoms with Gasteiger partial charge in [0.25, 0.3) is 0 Å². The zero-order valence-corrected chi connectivity index (χ0v) is 14.6. The van der Waals surface area contributed by atoms with Crippen molar-refractivity contribution in [3.63, 3.8) is 0 Å². The summed E-state index contributed by atoms with van der Waals surface area (Å²) >= 11 is 1.61. The third-order valence-corrected chi connectivity index (χ3v) is 4.60. The summed E-state index contributed by atoms with van der Waals surface area (Å²) in [6, 6.07) is 7.63. The van der Waals surface area contributed by atoms with E-state index in [2.05, 4.69) is 10.2 Å². The number of hydrogen-bond acceptors (Lipinski definition) is 6. The molecular formula is C17H20N4O2S. The molecular weight excluding hydrogens is 324 g/mol. The maximum atomic E-state index is 12.2. The highest BCUT2D eigenvalue weighted by Gasteiger charge is 2.26. The number of rotatable bonds is 5. The number of carbonyl (C=O) groups excluding carboxylic acids is 1. The molecule has 24 heavy (non-hydrogen) atoms. The predicted molar refractivity (Wildman–Crippen MR) is 95.3 cm³/mol. The summed E-state index contributed by atoms with van der Waals surface area (Å²) in [4.78, 5) is 17.0. The Morgan fingerprint density at radius 2 is 2.25 bits per heavy atom. The molecule has 1 amide bonds. The van der Waals surface area contributed by atoms with E-state index in [1.807, 2.05) is 54.7 Å². The summed E-state index contributed by atoms with van der Waals surface area (Å²) < 4.78 is 5.83. The molecule has 3 rings (SSSR count). The van der Waals surface area contributed by atoms with Crippen LogP contribution in [0, 0.1) is 0 Å². The molecule has 0 saturated carbocycles. The van der Waals surface area contributed by atoms with Crippen molar-refractivity contribution in [3.8, 4) is 5.88 Å². The summed E-state index contributed by atoms with van der Waals surface area (Å²) in [5.41, 5.74) is 0. The molecule has 1 aliphatic rings. The van der Waals surface area contributed by atoms with E-state index in [9.17, 15) is 4.79 Å². The molecule has 0 radical (unpaired) electrons. The van der Waals surface area contributed by atoms with Crippen LogP contribution < -0.4 is 9.64 Å². The first-order valence-corrected chi connectivity index (χ1v) is 8.68. The van der Waals surface area contributed by atoms with E-state index in [1.165, 1.54) is 0 Å². The topological polar surface area (TPSA) is 58.6 Å². The Bertz CT molecular complexity index is 698. The standard InChI is InChI=1S/C17H20N4O2S/c1-20(2)15-6-7-16(19-18-15)23-13-9-10-21(12-13)17(22)8-5-14-4-3-11-24-14/h3-8,11,13H,9-10,12H2,1-2H3/b8-5+. The quantitative estimate of drug-likeness (QED) is 0.779. The van der Waals surface area contributed by atoms with Gasteiger partial charge in [0.15, 0.2) is 5.82 Å². The van der Waals surface area contributed by atoms with Crippen LogP contribution in [0.3, 0.4) is 0 Å². The van der Waals surface area contributed by atoms with Crippen LogP contribution in [0.2, 0.25) is 0 Å². The third-order valence-electron chi connectivity index (χ3n) is 3.76. The van der Waals surface area contributed by atoms with Crippen molar-refractivity contribution in [2.75, 3.05) is 32.1 Å². The molecule has 7 heteroatoms. The highest BCUT2D eigenvalue weighted by molar-refractivity contribution is 7.10. The summed E-state index contributed by atoms with van der Waals surface area (Å²) in [5, 5.41) is 10.2. The lowest BCUT2D eigenvalue weighted by molar-refractivity contribution is -0.125. The molecule has 0 bridgehead atoms. The first-order chi connectivity index (χ1) is 11.6. The van der Waals surface area contributed by atoms with Crippen LogP contribution in [-0.4, -0.2) is 54.3 Å². The number of nitrogens with zero attached hydrogens (tertiary/aromatic N) is 4. The van der Waals surface area contributed by atoms with E-state index in [0.29, 0.717) is 19.0 Å². The van der Waals surface area contributed by atoms with E-state index in [4.69, 9.17) is 4.74 Å². The van der Waals surface area contributed by atoms with Crippen molar-refractivity contribution in [2.45, 2.75) is 12.5 Å². The van der Waals surface area contributed by atoms with E-state index >= 15 is 0 Å². The second-order valence-electron chi connectivity index (χ2n) is 5.79. The van der Waals surface area contributed by atoms with Gasteiger partial charge in [0.2, 0.25) is 11.8 Å². The van der Waals surface area contributed by atoms with Crippen LogP contribution in [0.1, 0.15) is 11.3 Å². The normalized spacial score (nSPS) is 17.4. The Morgan fingerprint density at radius 1 is 1.38 bits per heavy atom. The first kappa shape index (κ1) is 16.4. The highest BCUT2D eigenvalue weighted by Crippen LogP contribution is 2.18. The molecule has 0 N–H and O–H groups in total. The Balaban J connectivity index is 1.52. The molecule has 126 valence electrons. The van der Waals surface area contributed by atoms with Crippen LogP contribution in [0.4, 0.5) is 5.82 Å². The molecule has 1 fully saturated rings. The lowest BCUT2D eigenvalue weighted by Crippen LogP contribution is -2.29. The van der Waals surface area contributed by atoms with E-state index in [0.717, 1.165) is 17.1 Å². The van der Waals surface area contributed by atoms with Gasteiger partial charge in [-0.15, -0.1) is 21.5 Å². The fourth-order valence-corrected chi connectivity index (χ4v) is 3.07. The van der Waals surface area contributed by atoms with E-state index < -0.39 is 0 Å². The molecule has 2 aromatic heterocycles. The summed E-state index contributed by atoms with van der Waals surface area (Å²) in [5.74, 6) is 1.29. The number of ether oxygens (including phenoxy) is 1. The van der Waals surface area contributed by atoms with Gasteiger partial charge in [-0.25, -0.2) is 0 Å². The van der Waals surface area contributed by atoms with Crippen molar-refractivity contribution in [2.24, 2.45) is 0 Å². The number of aromatic nitrogens is 2. The minimum Gasteiger partial charge on any atom is -0.471 e. The smallest absolute Gasteiger partial charge is 0.246 e. The van der Waals surface area contributed by atoms with Gasteiger partial charge in [0, 0.05) is 44.1 Å². The summed E-state index contributed by atoms with van der Waals surface area (Å²) in [6.45, 7) is 1.27. The van der Waals surface area contributed by atoms with Crippen molar-refractivity contribution < 1.29 is 9.53 Å². The number of anilines is 1. The molecule has 6 nitrogen and oxygen atoms in total. The number of hydrogen-bond donors (Lipinski definition) is 0. The second kappa shape index (κ2) is 7.44. The van der Waals surface area contributed by atoms with Gasteiger partial charge in [-0.05, 0) is 23.6 Å². The molecule has 1 atom stereocenters. The Hall–Kier alpha value is -2.41. The van der Waals surface area contributed by atoms with Gasteiger partial charge >= 0.3 is 0 Å². The first-order valence-electron chi connectivity index (χ1n) is 7.80. The van der Waals surface area contributed by atoms with Crippen molar-refractivity contribution >= 4 is 29.1 Å². The van der Waals surface area contributed by atoms with Crippen LogP contribution in [0.5, 0.6) is 5.88 Å². The Labute approximate surface area is 145 Å². The average molecular weight is 344 g/mol. The number of carbonyl (C=O) groups is 1. The van der Waals surface area contributed by atoms with Gasteiger partial charge in [-0.1, -0.05) is 6.07 Å². The second-order valence-corrected chi connectivity index (χ2v) is 6.77. The highest BCUT2D eigenvalue weighted by atomic mass is 32.1. The number of amides is 1. The predicted octanol–water partition coefficient (Wildman–Crippen LogP) is 2.30. The molecule has 1 aliphatic heterocycles. The Kier molecular flexibility index (Phi) is 5.10. The van der Waals surface area contributed by atoms with E-state index in [1.54, 1.807) is 22.3 Å². The van der Waals surface area contributed by atoms with Crippen molar-refractivity contribution in [1.29, 1.82) is 0 Å². The van der Waals surface area contributed by atoms with Gasteiger partial charge < -0.3 is 14.5 Å². The minimum atomic E-state index is -0.0383. The molecule has 1 unspecified atom stereocenters. The fraction of sp³-hybridized carbons (Fsp3) is 0.353. The van der Waals surface area contributed by atoms with Gasteiger partial charge in [0.1, 0.15) is 6.10 Å². The fourth-order valence-electron chi connectivity index (χ4n) is 2.45. The number of thiophene rings is 1. The number of likely N-dealkylation sites (tertiary alicyclic amines) is 1. The maximum Gasteiger partial charge on any atom is 0.246 e. The lowest BCUT2D eigenvalue weighted by Gasteiger charge is -2.15. The van der Waals surface area contributed by atoms with Crippen LogP contribution in [-0.2, 0) is 4.79 Å². The molecule has 3 heterocycles. The van der Waals surface area contributed by atoms with Crippen LogP contribution >= 0.6 is 11.3 Å². The largest absolute Gasteiger partial charge is 0.471 e. The molecule has 2 aromatic rings. The zero-order chi connectivity index (χ0) is 16.9. The molecule has 0 spiro atoms. The summed E-state index contributed by atoms with van der Waals surface area (Å²) in [6.07, 6.45) is 4.24. The van der Waals surface area contributed by atoms with Gasteiger partial charge in [-0.3, -0.25) is 4.79 Å². The summed E-state index contributed by atoms with van der Waals surface area (Å²) in [7, 11) is 3.82. The Morgan fingerprint density at radius 3 is 2.92 bits per heavy atom. The monoisotopic (exact) mass is 344 g/mol. The molecule has 0 aliphatic carbocycles. The maximum absolute atomic E-state index is 12.2. The van der Waals surface area contributed by atoms with Gasteiger partial charge in [0.05, 0.1) is 6.54 Å². The lowest BCUT2D eigenvalue weighted by atomic mass is 10.3. The van der Waals surface area contributed by atoms with Crippen LogP contribution in [0.15, 0.2) is 35.7 Å². The molecule has 1 saturated heterocycles.